The summed E-state index contributed by atoms with van der Waals surface area (Å²) in [6.07, 6.45) is -10.7. The van der Waals surface area contributed by atoms with Gasteiger partial charge in [-0.25, -0.2) is 8.42 Å². The molecule has 1 unspecified atom stereocenters. The van der Waals surface area contributed by atoms with Gasteiger partial charge >= 0.3 is 5.97 Å². The first-order valence-corrected chi connectivity index (χ1v) is 23.2. The van der Waals surface area contributed by atoms with Crippen LogP contribution in [0.2, 0.25) is 0 Å². The van der Waals surface area contributed by atoms with Crippen LogP contribution in [0.25, 0.3) is 0 Å². The van der Waals surface area contributed by atoms with Crippen LogP contribution in [0.1, 0.15) is 100 Å². The van der Waals surface area contributed by atoms with Crippen molar-refractivity contribution < 1.29 is 67.2 Å². The first-order chi connectivity index (χ1) is 28.1. The number of benzene rings is 1. The maximum absolute atomic E-state index is 14.4. The minimum atomic E-state index is -4.07. The average Bonchev–Trinajstić information content (AvgIpc) is 3.18. The van der Waals surface area contributed by atoms with Crippen molar-refractivity contribution in [2.45, 2.75) is 197 Å². The monoisotopic (exact) mass is 889 g/mol. The van der Waals surface area contributed by atoms with E-state index in [4.69, 9.17) is 28.4 Å². The molecule has 1 aromatic carbocycles. The zero-order valence-corrected chi connectivity index (χ0v) is 39.5. The number of methoxy groups -OCH3 is 1. The number of esters is 1. The van der Waals surface area contributed by atoms with Crippen LogP contribution >= 0.6 is 0 Å². The fourth-order valence-electron chi connectivity index (χ4n) is 9.64. The number of likely N-dealkylation sites (N-methyl/N-ethyl adjacent to an activating group) is 2. The number of cyclic esters (lactones) is 1. The van der Waals surface area contributed by atoms with E-state index in [1.165, 1.54) is 33.2 Å². The van der Waals surface area contributed by atoms with Crippen LogP contribution in [-0.4, -0.2) is 167 Å². The normalized spacial score (nSPS) is 44.3. The Morgan fingerprint density at radius 1 is 0.934 bits per heavy atom. The number of aliphatic hydroxyl groups is 5. The Morgan fingerprint density at radius 2 is 1.54 bits per heavy atom. The van der Waals surface area contributed by atoms with Crippen molar-refractivity contribution in [1.82, 2.24) is 9.21 Å². The molecule has 0 saturated carbocycles. The van der Waals surface area contributed by atoms with Crippen molar-refractivity contribution in [3.05, 3.63) is 29.8 Å². The van der Waals surface area contributed by atoms with Gasteiger partial charge in [0.2, 0.25) is 10.0 Å². The van der Waals surface area contributed by atoms with Gasteiger partial charge in [0.05, 0.1) is 52.5 Å². The van der Waals surface area contributed by atoms with Gasteiger partial charge < -0.3 is 58.9 Å². The second kappa shape index (κ2) is 20.1. The van der Waals surface area contributed by atoms with E-state index in [1.807, 2.05) is 18.7 Å². The number of aliphatic hydroxyl groups excluding tert-OH is 3. The van der Waals surface area contributed by atoms with E-state index in [0.29, 0.717) is 6.54 Å². The number of sulfonamides is 1. The smallest absolute Gasteiger partial charge is 0.311 e. The molecule has 0 aliphatic carbocycles. The summed E-state index contributed by atoms with van der Waals surface area (Å²) < 4.78 is 66.6. The fraction of sp³-hybridized carbons (Fsp3) is 0.841. The van der Waals surface area contributed by atoms with Gasteiger partial charge in [-0.2, -0.15) is 4.31 Å². The molecule has 3 aliphatic heterocycles. The maximum Gasteiger partial charge on any atom is 0.311 e. The zero-order chi connectivity index (χ0) is 46.2. The van der Waals surface area contributed by atoms with Gasteiger partial charge in [-0.1, -0.05) is 38.5 Å². The molecule has 0 aromatic heterocycles. The number of hydrogen-bond acceptors (Lipinski definition) is 15. The van der Waals surface area contributed by atoms with E-state index in [-0.39, 0.29) is 36.5 Å². The number of carbonyl (C=O) groups excluding carboxylic acids is 1. The molecule has 16 nitrogen and oxygen atoms in total. The van der Waals surface area contributed by atoms with Crippen LogP contribution in [0, 0.1) is 24.7 Å². The summed E-state index contributed by atoms with van der Waals surface area (Å²) in [5.41, 5.74) is -3.78. The van der Waals surface area contributed by atoms with Crippen LogP contribution < -0.4 is 0 Å². The van der Waals surface area contributed by atoms with E-state index in [0.717, 1.165) is 9.87 Å². The molecule has 18 atom stereocenters. The van der Waals surface area contributed by atoms with Gasteiger partial charge in [0, 0.05) is 39.1 Å². The van der Waals surface area contributed by atoms with Crippen LogP contribution in [0.15, 0.2) is 29.2 Å². The molecule has 0 spiro atoms. The van der Waals surface area contributed by atoms with Crippen LogP contribution in [0.3, 0.4) is 0 Å². The van der Waals surface area contributed by atoms with E-state index in [1.54, 1.807) is 74.6 Å². The molecule has 3 saturated heterocycles. The number of ether oxygens (including phenoxy) is 6. The number of carbonyl (C=O) groups is 1. The molecule has 0 amide bonds. The fourth-order valence-corrected chi connectivity index (χ4v) is 11.0. The van der Waals surface area contributed by atoms with E-state index in [2.05, 4.69) is 0 Å². The largest absolute Gasteiger partial charge is 0.459 e. The Balaban J connectivity index is 1.83. The zero-order valence-electron chi connectivity index (χ0n) is 38.7. The second-order valence-corrected chi connectivity index (χ2v) is 21.0. The summed E-state index contributed by atoms with van der Waals surface area (Å²) >= 11 is 0. The molecule has 0 radical (unpaired) electrons. The molecule has 1 aromatic rings. The lowest BCUT2D eigenvalue weighted by Gasteiger charge is -2.48. The Bertz CT molecular complexity index is 1700. The van der Waals surface area contributed by atoms with E-state index < -0.39 is 118 Å². The summed E-state index contributed by atoms with van der Waals surface area (Å²) in [6.45, 7) is 19.2. The highest BCUT2D eigenvalue weighted by atomic mass is 32.2. The van der Waals surface area contributed by atoms with E-state index in [9.17, 15) is 38.7 Å². The van der Waals surface area contributed by atoms with Crippen molar-refractivity contribution in [1.29, 1.82) is 0 Å². The lowest BCUT2D eigenvalue weighted by atomic mass is 9.77. The van der Waals surface area contributed by atoms with Crippen LogP contribution in [0.5, 0.6) is 0 Å². The Hall–Kier alpha value is -1.84. The summed E-state index contributed by atoms with van der Waals surface area (Å²) in [4.78, 5) is 16.3. The Kier molecular flexibility index (Phi) is 17.1. The topological polar surface area (TPSA) is 214 Å². The second-order valence-electron chi connectivity index (χ2n) is 19.0. The maximum atomic E-state index is 14.4. The molecule has 61 heavy (non-hydrogen) atoms. The molecule has 0 bridgehead atoms. The van der Waals surface area contributed by atoms with Gasteiger partial charge in [0.25, 0.3) is 0 Å². The molecule has 3 heterocycles. The summed E-state index contributed by atoms with van der Waals surface area (Å²) in [6, 6.07) is 4.84. The molecule has 3 aliphatic rings. The molecule has 5 N–H and O–H groups in total. The molecule has 352 valence electrons. The van der Waals surface area contributed by atoms with Crippen LogP contribution in [0.4, 0.5) is 0 Å². The quantitative estimate of drug-likeness (QED) is 0.226. The summed E-state index contributed by atoms with van der Waals surface area (Å²) in [5.74, 6) is -3.03. The van der Waals surface area contributed by atoms with Gasteiger partial charge in [0.15, 0.2) is 12.6 Å². The van der Waals surface area contributed by atoms with Crippen molar-refractivity contribution in [3.8, 4) is 0 Å². The minimum Gasteiger partial charge on any atom is -0.459 e. The van der Waals surface area contributed by atoms with Gasteiger partial charge in [-0.05, 0) is 99.8 Å². The molecule has 3 fully saturated rings. The number of hydrogen-bond donors (Lipinski definition) is 5. The third-order valence-electron chi connectivity index (χ3n) is 13.7. The summed E-state index contributed by atoms with van der Waals surface area (Å²) in [5, 5.41) is 59.1. The molecule has 17 heteroatoms. The number of aryl methyl sites for hydroxylation is 1. The average molecular weight is 889 g/mol. The van der Waals surface area contributed by atoms with Crippen molar-refractivity contribution in [3.63, 3.8) is 0 Å². The van der Waals surface area contributed by atoms with Gasteiger partial charge in [-0.3, -0.25) is 4.79 Å². The highest BCUT2D eigenvalue weighted by Gasteiger charge is 2.53. The minimum absolute atomic E-state index is 0.0626. The predicted molar refractivity (Wildman–Crippen MR) is 227 cm³/mol. The van der Waals surface area contributed by atoms with E-state index >= 15 is 0 Å². The van der Waals surface area contributed by atoms with Gasteiger partial charge in [-0.15, -0.1) is 0 Å². The first-order valence-electron chi connectivity index (χ1n) is 21.7. The predicted octanol–water partition coefficient (Wildman–Crippen LogP) is 2.97. The third kappa shape index (κ3) is 11.3. The van der Waals surface area contributed by atoms with Gasteiger partial charge in [0.1, 0.15) is 30.0 Å². The van der Waals surface area contributed by atoms with Crippen molar-refractivity contribution >= 4 is 16.0 Å². The highest BCUT2D eigenvalue weighted by molar-refractivity contribution is 7.89. The first kappa shape index (κ1) is 51.8. The Morgan fingerprint density at radius 3 is 2.11 bits per heavy atom. The van der Waals surface area contributed by atoms with Crippen molar-refractivity contribution in [2.24, 2.45) is 17.8 Å². The number of nitrogens with zero attached hydrogens (tertiary/aromatic N) is 2. The SMILES string of the molecule is CCC1OC(=O)[C@H](C)[C@@H](O[C@H]2C[C@@](C)(OC)[C@@H](O)[C@H](C)O2)[C@H](C)[C@@H](O[C@@H]2O[C@H](C)C[C@H](N(C)S(=O)(=O)c3ccc(C)cc3)[C@H]2O)[C@](C)(O)C[C@@H](C)CN(C)[C@H](C)[C@@H](O)[C@]1(C)O. The Labute approximate surface area is 363 Å². The molecular weight excluding hydrogens is 813 g/mol. The highest BCUT2D eigenvalue weighted by Crippen LogP contribution is 2.40. The third-order valence-corrected chi connectivity index (χ3v) is 15.6. The number of rotatable bonds is 9. The lowest BCUT2D eigenvalue weighted by Crippen LogP contribution is -2.61. The molecule has 4 rings (SSSR count). The lowest BCUT2D eigenvalue weighted by molar-refractivity contribution is -0.317. The summed E-state index contributed by atoms with van der Waals surface area (Å²) in [7, 11) is 0.609. The molecular formula is C44H76N2O14S. The van der Waals surface area contributed by atoms with Crippen LogP contribution in [-0.2, 0) is 43.2 Å². The van der Waals surface area contributed by atoms with Crippen molar-refractivity contribution in [2.75, 3.05) is 27.7 Å². The standard InChI is InChI=1S/C44H76N2O14S/c1-15-33-44(11,52)37(48)29(7)45(12)23-25(3)21-42(9,51)39(27(5)36(28(6)40(50)58-33)59-34-22-43(10,55-14)38(49)30(8)57-34)60-41-35(47)32(20-26(4)56-41)46(13)61(53,54)31-18-16-24(2)17-19-31/h16-19,25-30,32-39,41,47-49,51-52H,15,20-23H2,1-14H3/t25-,26-,27+,28-,29-,30+,32+,33?,34+,35-,36+,37-,38+,39-,41+,42-,43-,44-/m1/s1.